The van der Waals surface area contributed by atoms with Gasteiger partial charge in [-0.25, -0.2) is 9.48 Å². The molecule has 3 heterocycles. The zero-order valence-corrected chi connectivity index (χ0v) is 23.4. The first kappa shape index (κ1) is 28.6. The molecule has 15 heteroatoms. The maximum Gasteiger partial charge on any atom is 0.321 e. The molecular formula is C27H32N8O7. The number of likely N-dealkylation sites (N-methyl/N-ethyl adjacent to an activating group) is 1. The highest BCUT2D eigenvalue weighted by Crippen LogP contribution is 2.34. The van der Waals surface area contributed by atoms with Gasteiger partial charge in [0.1, 0.15) is 24.7 Å². The highest BCUT2D eigenvalue weighted by Gasteiger charge is 2.34. The summed E-state index contributed by atoms with van der Waals surface area (Å²) in [6.07, 6.45) is 0.817. The average molecular weight is 581 g/mol. The second kappa shape index (κ2) is 12.3. The number of anilines is 2. The first-order valence-electron chi connectivity index (χ1n) is 13.4. The molecule has 2 aliphatic rings. The van der Waals surface area contributed by atoms with Gasteiger partial charge in [-0.15, -0.1) is 5.10 Å². The molecule has 0 bridgehead atoms. The first-order valence-corrected chi connectivity index (χ1v) is 13.4. The Morgan fingerprint density at radius 1 is 1.12 bits per heavy atom. The summed E-state index contributed by atoms with van der Waals surface area (Å²) in [6.45, 7) is 3.95. The van der Waals surface area contributed by atoms with Gasteiger partial charge in [0.25, 0.3) is 5.91 Å². The van der Waals surface area contributed by atoms with E-state index in [9.17, 15) is 19.5 Å². The maximum absolute atomic E-state index is 13.6. The number of urea groups is 1. The molecule has 0 saturated heterocycles. The Morgan fingerprint density at radius 2 is 1.86 bits per heavy atom. The number of amides is 4. The quantitative estimate of drug-likeness (QED) is 0.354. The Balaban J connectivity index is 1.33. The molecule has 15 nitrogen and oxygen atoms in total. The maximum atomic E-state index is 13.6. The highest BCUT2D eigenvalue weighted by molar-refractivity contribution is 6.00. The lowest BCUT2D eigenvalue weighted by atomic mass is 9.99. The Kier molecular flexibility index (Phi) is 8.38. The van der Waals surface area contributed by atoms with Gasteiger partial charge in [0, 0.05) is 37.0 Å². The van der Waals surface area contributed by atoms with Crippen molar-refractivity contribution in [1.82, 2.24) is 30.0 Å². The van der Waals surface area contributed by atoms with E-state index in [1.54, 1.807) is 49.2 Å². The number of aliphatic hydroxyl groups is 1. The van der Waals surface area contributed by atoms with Gasteiger partial charge in [0.2, 0.25) is 12.7 Å². The molecule has 42 heavy (non-hydrogen) atoms. The third-order valence-corrected chi connectivity index (χ3v) is 7.07. The van der Waals surface area contributed by atoms with Crippen LogP contribution in [0.3, 0.4) is 0 Å². The molecule has 2 aromatic carbocycles. The Hall–Kier alpha value is -4.92. The number of fused-ring (bicyclic) bond motifs is 2. The number of ether oxygens (including phenoxy) is 3. The molecule has 0 aliphatic carbocycles. The molecule has 0 spiro atoms. The number of aromatic nitrogens is 4. The second-order valence-electron chi connectivity index (χ2n) is 10.3. The zero-order chi connectivity index (χ0) is 29.8. The highest BCUT2D eigenvalue weighted by atomic mass is 16.7. The van der Waals surface area contributed by atoms with Gasteiger partial charge in [-0.2, -0.15) is 0 Å². The third-order valence-electron chi connectivity index (χ3n) is 7.07. The lowest BCUT2D eigenvalue weighted by molar-refractivity contribution is -0.116. The fourth-order valence-electron chi connectivity index (χ4n) is 4.66. The molecule has 0 fully saturated rings. The van der Waals surface area contributed by atoms with Crippen molar-refractivity contribution in [3.8, 4) is 17.2 Å². The number of carbonyl (C=O) groups is 3. The van der Waals surface area contributed by atoms with E-state index in [-0.39, 0.29) is 62.4 Å². The van der Waals surface area contributed by atoms with E-state index in [0.717, 1.165) is 0 Å². The molecule has 2 aliphatic heterocycles. The summed E-state index contributed by atoms with van der Waals surface area (Å²) < 4.78 is 18.3. The summed E-state index contributed by atoms with van der Waals surface area (Å²) in [7, 11) is 1.65. The molecule has 0 unspecified atom stereocenters. The van der Waals surface area contributed by atoms with Crippen molar-refractivity contribution in [2.45, 2.75) is 32.5 Å². The molecule has 0 saturated carbocycles. The summed E-state index contributed by atoms with van der Waals surface area (Å²) in [6, 6.07) is 9.09. The molecule has 4 amide bonds. The summed E-state index contributed by atoms with van der Waals surface area (Å²) in [5.74, 6) is 0.536. The smallest absolute Gasteiger partial charge is 0.321 e. The molecule has 222 valence electrons. The minimum absolute atomic E-state index is 0.109. The Labute approximate surface area is 241 Å². The van der Waals surface area contributed by atoms with Crippen LogP contribution in [0.15, 0.2) is 42.7 Å². The van der Waals surface area contributed by atoms with E-state index >= 15 is 0 Å². The summed E-state index contributed by atoms with van der Waals surface area (Å²) in [4.78, 5) is 42.3. The van der Waals surface area contributed by atoms with E-state index in [4.69, 9.17) is 14.2 Å². The van der Waals surface area contributed by atoms with Gasteiger partial charge in [0.15, 0.2) is 11.5 Å². The molecule has 5 rings (SSSR count). The number of carbonyl (C=O) groups excluding carboxylic acids is 3. The van der Waals surface area contributed by atoms with Crippen LogP contribution in [-0.2, 0) is 11.3 Å². The molecular weight excluding hydrogens is 548 g/mol. The number of nitrogens with zero attached hydrogens (tertiary/aromatic N) is 6. The average Bonchev–Trinajstić information content (AvgIpc) is 3.66. The van der Waals surface area contributed by atoms with Gasteiger partial charge in [0.05, 0.1) is 24.8 Å². The Morgan fingerprint density at radius 3 is 2.60 bits per heavy atom. The second-order valence-corrected chi connectivity index (χ2v) is 10.3. The summed E-state index contributed by atoms with van der Waals surface area (Å²) in [5, 5.41) is 26.2. The number of rotatable bonds is 8. The van der Waals surface area contributed by atoms with E-state index in [1.807, 2.05) is 6.92 Å². The Bertz CT molecular complexity index is 1450. The van der Waals surface area contributed by atoms with E-state index in [2.05, 4.69) is 26.2 Å². The molecule has 0 radical (unpaired) electrons. The topological polar surface area (TPSA) is 173 Å². The van der Waals surface area contributed by atoms with Crippen LogP contribution in [0, 0.1) is 5.92 Å². The fraction of sp³-hybridized carbons (Fsp3) is 0.407. The molecule has 1 aromatic heterocycles. The van der Waals surface area contributed by atoms with Crippen molar-refractivity contribution in [3.63, 3.8) is 0 Å². The van der Waals surface area contributed by atoms with Gasteiger partial charge >= 0.3 is 6.03 Å². The van der Waals surface area contributed by atoms with Crippen molar-refractivity contribution in [2.24, 2.45) is 5.92 Å². The predicted octanol–water partition coefficient (Wildman–Crippen LogP) is 1.42. The number of aliphatic hydroxyl groups excluding tert-OH is 1. The summed E-state index contributed by atoms with van der Waals surface area (Å²) in [5.41, 5.74) is 1.15. The van der Waals surface area contributed by atoms with Crippen molar-refractivity contribution >= 4 is 29.2 Å². The molecule has 3 N–H and O–H groups in total. The number of tetrazole rings is 1. The van der Waals surface area contributed by atoms with Crippen LogP contribution in [0.2, 0.25) is 0 Å². The zero-order valence-electron chi connectivity index (χ0n) is 23.4. The summed E-state index contributed by atoms with van der Waals surface area (Å²) >= 11 is 0. The van der Waals surface area contributed by atoms with Gasteiger partial charge in [-0.1, -0.05) is 6.92 Å². The number of benzene rings is 2. The molecule has 3 atom stereocenters. The largest absolute Gasteiger partial charge is 0.487 e. The van der Waals surface area contributed by atoms with Crippen LogP contribution in [-0.4, -0.2) is 98.6 Å². The standard InChI is InChI=1S/C27H32N8O7/c1-16-10-35(17(2)13-36)26(38)20-8-18(29-25(37)12-34-14-28-31-32-34)4-6-21(20)42-24(16)11-33(3)27(39)30-19-5-7-22-23(9-19)41-15-40-22/h4-9,14,16-17,24,36H,10-13,15H2,1-3H3,(H,29,37)(H,30,39)/t16-,17-,24-/m1/s1. The normalized spacial score (nSPS) is 18.3. The van der Waals surface area contributed by atoms with Gasteiger partial charge in [-0.3, -0.25) is 9.59 Å². The third kappa shape index (κ3) is 6.35. The van der Waals surface area contributed by atoms with E-state index in [1.165, 1.54) is 22.0 Å². The van der Waals surface area contributed by atoms with Crippen molar-refractivity contribution in [3.05, 3.63) is 48.3 Å². The number of hydrogen-bond acceptors (Lipinski definition) is 10. The monoisotopic (exact) mass is 580 g/mol. The molecule has 3 aromatic rings. The minimum atomic E-state index is -0.502. The van der Waals surface area contributed by atoms with Crippen LogP contribution < -0.4 is 24.8 Å². The SMILES string of the molecule is C[C@@H]1CN([C@H](C)CO)C(=O)c2cc(NC(=O)Cn3cnnn3)ccc2O[C@@H]1CN(C)C(=O)Nc1ccc2c(c1)OCO2. The van der Waals surface area contributed by atoms with Crippen molar-refractivity contribution < 1.29 is 33.7 Å². The van der Waals surface area contributed by atoms with Crippen LogP contribution in [0.4, 0.5) is 16.2 Å². The van der Waals surface area contributed by atoms with Crippen LogP contribution in [0.25, 0.3) is 0 Å². The van der Waals surface area contributed by atoms with Crippen LogP contribution >= 0.6 is 0 Å². The lowest BCUT2D eigenvalue weighted by Gasteiger charge is -2.38. The van der Waals surface area contributed by atoms with E-state index in [0.29, 0.717) is 28.6 Å². The lowest BCUT2D eigenvalue weighted by Crippen LogP contribution is -2.50. The first-order chi connectivity index (χ1) is 20.2. The number of hydrogen-bond donors (Lipinski definition) is 3. The van der Waals surface area contributed by atoms with Gasteiger partial charge in [-0.05, 0) is 47.7 Å². The number of nitrogens with one attached hydrogen (secondary N) is 2. The fourth-order valence-corrected chi connectivity index (χ4v) is 4.66. The van der Waals surface area contributed by atoms with E-state index < -0.39 is 12.1 Å². The van der Waals surface area contributed by atoms with Crippen molar-refractivity contribution in [2.75, 3.05) is 44.2 Å². The van der Waals surface area contributed by atoms with Crippen molar-refractivity contribution in [1.29, 1.82) is 0 Å². The van der Waals surface area contributed by atoms with Crippen LogP contribution in [0.1, 0.15) is 24.2 Å². The minimum Gasteiger partial charge on any atom is -0.487 e. The predicted molar refractivity (Wildman–Crippen MR) is 148 cm³/mol. The van der Waals surface area contributed by atoms with Gasteiger partial charge < -0.3 is 39.8 Å². The van der Waals surface area contributed by atoms with Crippen LogP contribution in [0.5, 0.6) is 17.2 Å².